The SMILES string of the molecule is CC(C)(C)OC(=O)N1CCN(c2ncc(C3=CCC(CCC=O)O3)cn2)CC1. The molecule has 0 radical (unpaired) electrons. The largest absolute Gasteiger partial charge is 0.490 e. The van der Waals surface area contributed by atoms with Crippen LogP contribution in [-0.2, 0) is 14.3 Å². The Balaban J connectivity index is 1.51. The number of amides is 1. The summed E-state index contributed by atoms with van der Waals surface area (Å²) in [7, 11) is 0. The number of hydrogen-bond donors (Lipinski definition) is 0. The van der Waals surface area contributed by atoms with E-state index >= 15 is 0 Å². The summed E-state index contributed by atoms with van der Waals surface area (Å²) in [4.78, 5) is 35.4. The number of aromatic nitrogens is 2. The van der Waals surface area contributed by atoms with Crippen LogP contribution in [0.1, 0.15) is 45.6 Å². The van der Waals surface area contributed by atoms with Gasteiger partial charge >= 0.3 is 6.09 Å². The van der Waals surface area contributed by atoms with Gasteiger partial charge in [-0.05, 0) is 33.3 Å². The van der Waals surface area contributed by atoms with Crippen molar-refractivity contribution in [1.82, 2.24) is 14.9 Å². The molecule has 0 spiro atoms. The van der Waals surface area contributed by atoms with E-state index in [1.807, 2.05) is 26.8 Å². The molecule has 8 heteroatoms. The summed E-state index contributed by atoms with van der Waals surface area (Å²) in [6.07, 6.45) is 8.28. The molecule has 0 saturated carbocycles. The molecule has 2 aliphatic heterocycles. The minimum Gasteiger partial charge on any atom is -0.490 e. The Morgan fingerprint density at radius 2 is 1.93 bits per heavy atom. The highest BCUT2D eigenvalue weighted by Crippen LogP contribution is 2.28. The second-order valence-electron chi connectivity index (χ2n) is 8.01. The van der Waals surface area contributed by atoms with Crippen molar-refractivity contribution in [1.29, 1.82) is 0 Å². The number of nitrogens with zero attached hydrogens (tertiary/aromatic N) is 4. The molecule has 1 aromatic rings. The number of aldehydes is 1. The summed E-state index contributed by atoms with van der Waals surface area (Å²) < 4.78 is 11.3. The molecule has 0 aromatic carbocycles. The first-order valence-electron chi connectivity index (χ1n) is 9.71. The molecule has 1 atom stereocenters. The van der Waals surface area contributed by atoms with Crippen molar-refractivity contribution < 1.29 is 19.1 Å². The predicted molar refractivity (Wildman–Crippen MR) is 105 cm³/mol. The minimum absolute atomic E-state index is 0.0563. The molecule has 28 heavy (non-hydrogen) atoms. The van der Waals surface area contributed by atoms with Crippen LogP contribution in [0, 0.1) is 0 Å². The van der Waals surface area contributed by atoms with E-state index in [0.29, 0.717) is 38.5 Å². The van der Waals surface area contributed by atoms with Crippen molar-refractivity contribution in [2.45, 2.75) is 51.7 Å². The fourth-order valence-electron chi connectivity index (χ4n) is 3.16. The first-order chi connectivity index (χ1) is 13.4. The Hall–Kier alpha value is -2.64. The van der Waals surface area contributed by atoms with Gasteiger partial charge in [-0.15, -0.1) is 0 Å². The number of anilines is 1. The Kier molecular flexibility index (Phi) is 6.16. The first-order valence-corrected chi connectivity index (χ1v) is 9.71. The van der Waals surface area contributed by atoms with Crippen LogP contribution in [0.5, 0.6) is 0 Å². The molecule has 0 N–H and O–H groups in total. The molecule has 1 aromatic heterocycles. The Morgan fingerprint density at radius 3 is 2.54 bits per heavy atom. The van der Waals surface area contributed by atoms with E-state index in [9.17, 15) is 9.59 Å². The van der Waals surface area contributed by atoms with Crippen molar-refractivity contribution in [2.24, 2.45) is 0 Å². The maximum absolute atomic E-state index is 12.2. The molecule has 3 heterocycles. The van der Waals surface area contributed by atoms with Gasteiger partial charge in [-0.25, -0.2) is 14.8 Å². The van der Waals surface area contributed by atoms with Crippen LogP contribution in [0.25, 0.3) is 5.76 Å². The molecule has 2 aliphatic rings. The normalized spacial score (nSPS) is 19.8. The fraction of sp³-hybridized carbons (Fsp3) is 0.600. The molecule has 1 fully saturated rings. The van der Waals surface area contributed by atoms with Crippen LogP contribution in [-0.4, -0.2) is 65.1 Å². The fourth-order valence-corrected chi connectivity index (χ4v) is 3.16. The van der Waals surface area contributed by atoms with E-state index in [2.05, 4.69) is 14.9 Å². The second kappa shape index (κ2) is 8.58. The summed E-state index contributed by atoms with van der Waals surface area (Å²) in [5.41, 5.74) is 0.348. The molecule has 1 amide bonds. The van der Waals surface area contributed by atoms with E-state index in [1.165, 1.54) is 0 Å². The maximum atomic E-state index is 12.2. The summed E-state index contributed by atoms with van der Waals surface area (Å²) >= 11 is 0. The number of piperazine rings is 1. The van der Waals surface area contributed by atoms with Crippen molar-refractivity contribution in [3.8, 4) is 0 Å². The molecular formula is C20H28N4O4. The molecule has 0 aliphatic carbocycles. The third-order valence-electron chi connectivity index (χ3n) is 4.60. The van der Waals surface area contributed by atoms with E-state index in [1.54, 1.807) is 17.3 Å². The molecule has 1 saturated heterocycles. The van der Waals surface area contributed by atoms with Crippen LogP contribution in [0.15, 0.2) is 18.5 Å². The molecule has 3 rings (SSSR count). The third-order valence-corrected chi connectivity index (χ3v) is 4.60. The van der Waals surface area contributed by atoms with Crippen LogP contribution in [0.4, 0.5) is 10.7 Å². The quantitative estimate of drug-likeness (QED) is 0.717. The van der Waals surface area contributed by atoms with E-state index in [-0.39, 0.29) is 12.2 Å². The Morgan fingerprint density at radius 1 is 1.25 bits per heavy atom. The van der Waals surface area contributed by atoms with Gasteiger partial charge in [-0.2, -0.15) is 0 Å². The van der Waals surface area contributed by atoms with Crippen LogP contribution >= 0.6 is 0 Å². The van der Waals surface area contributed by atoms with Gasteiger partial charge in [0.05, 0.1) is 5.56 Å². The average molecular weight is 388 g/mol. The summed E-state index contributed by atoms with van der Waals surface area (Å²) in [5.74, 6) is 1.42. The van der Waals surface area contributed by atoms with E-state index < -0.39 is 5.60 Å². The zero-order valence-corrected chi connectivity index (χ0v) is 16.8. The molecule has 8 nitrogen and oxygen atoms in total. The van der Waals surface area contributed by atoms with Gasteiger partial charge < -0.3 is 24.1 Å². The van der Waals surface area contributed by atoms with Gasteiger partial charge in [0.25, 0.3) is 0 Å². The van der Waals surface area contributed by atoms with Gasteiger partial charge in [-0.3, -0.25) is 0 Å². The topological polar surface area (TPSA) is 84.9 Å². The van der Waals surface area contributed by atoms with Crippen molar-refractivity contribution >= 4 is 24.1 Å². The lowest BCUT2D eigenvalue weighted by molar-refractivity contribution is -0.108. The molecule has 0 bridgehead atoms. The van der Waals surface area contributed by atoms with E-state index in [0.717, 1.165) is 30.5 Å². The Labute approximate surface area is 165 Å². The lowest BCUT2D eigenvalue weighted by Crippen LogP contribution is -2.50. The minimum atomic E-state index is -0.490. The van der Waals surface area contributed by atoms with Crippen LogP contribution < -0.4 is 4.90 Å². The summed E-state index contributed by atoms with van der Waals surface area (Å²) in [6.45, 7) is 8.07. The molecular weight excluding hydrogens is 360 g/mol. The van der Waals surface area contributed by atoms with Gasteiger partial charge in [0.15, 0.2) is 0 Å². The standard InChI is InChI=1S/C20H28N4O4/c1-20(2,3)28-19(26)24-10-8-23(9-11-24)18-21-13-15(14-22-18)17-7-6-16(27-17)5-4-12-25/h7,12-14,16H,4-6,8-11H2,1-3H3. The third kappa shape index (κ3) is 5.21. The van der Waals surface area contributed by atoms with Crippen molar-refractivity contribution in [3.05, 3.63) is 24.0 Å². The van der Waals surface area contributed by atoms with Gasteiger partial charge in [-0.1, -0.05) is 0 Å². The monoisotopic (exact) mass is 388 g/mol. The predicted octanol–water partition coefficient (Wildman–Crippen LogP) is 2.64. The highest BCUT2D eigenvalue weighted by Gasteiger charge is 2.27. The number of rotatable bonds is 5. The number of carbonyl (C=O) groups is 2. The summed E-state index contributed by atoms with van der Waals surface area (Å²) in [5, 5.41) is 0. The van der Waals surface area contributed by atoms with Crippen molar-refractivity contribution in [3.63, 3.8) is 0 Å². The lowest BCUT2D eigenvalue weighted by atomic mass is 10.1. The number of ether oxygens (including phenoxy) is 2. The number of carbonyl (C=O) groups excluding carboxylic acids is 2. The van der Waals surface area contributed by atoms with Gasteiger partial charge in [0.2, 0.25) is 5.95 Å². The van der Waals surface area contributed by atoms with Crippen molar-refractivity contribution in [2.75, 3.05) is 31.1 Å². The van der Waals surface area contributed by atoms with Gasteiger partial charge in [0, 0.05) is 51.4 Å². The second-order valence-corrected chi connectivity index (χ2v) is 8.01. The molecule has 1 unspecified atom stereocenters. The van der Waals surface area contributed by atoms with E-state index in [4.69, 9.17) is 9.47 Å². The smallest absolute Gasteiger partial charge is 0.410 e. The average Bonchev–Trinajstić information content (AvgIpc) is 3.14. The zero-order valence-electron chi connectivity index (χ0n) is 16.8. The summed E-state index contributed by atoms with van der Waals surface area (Å²) in [6, 6.07) is 0. The first kappa shape index (κ1) is 20.1. The highest BCUT2D eigenvalue weighted by molar-refractivity contribution is 5.68. The number of hydrogen-bond acceptors (Lipinski definition) is 7. The lowest BCUT2D eigenvalue weighted by Gasteiger charge is -2.35. The van der Waals surface area contributed by atoms with Crippen LogP contribution in [0.2, 0.25) is 0 Å². The maximum Gasteiger partial charge on any atom is 0.410 e. The Bertz CT molecular complexity index is 719. The molecule has 152 valence electrons. The zero-order chi connectivity index (χ0) is 20.1. The van der Waals surface area contributed by atoms with Gasteiger partial charge in [0.1, 0.15) is 23.8 Å². The highest BCUT2D eigenvalue weighted by atomic mass is 16.6. The van der Waals surface area contributed by atoms with Crippen LogP contribution in [0.3, 0.4) is 0 Å².